The number of carbonyl (C=O) groups excluding carboxylic acids is 1. The van der Waals surface area contributed by atoms with Crippen LogP contribution in [0.4, 0.5) is 4.79 Å². The Kier molecular flexibility index (Phi) is 8.22. The van der Waals surface area contributed by atoms with Crippen LogP contribution in [-0.2, 0) is 17.8 Å². The summed E-state index contributed by atoms with van der Waals surface area (Å²) in [5.74, 6) is 0.705. The summed E-state index contributed by atoms with van der Waals surface area (Å²) in [5, 5.41) is 4.85. The van der Waals surface area contributed by atoms with Gasteiger partial charge in [0, 0.05) is 17.1 Å². The zero-order valence-electron chi connectivity index (χ0n) is 18.0. The van der Waals surface area contributed by atoms with Gasteiger partial charge in [0.2, 0.25) is 0 Å². The van der Waals surface area contributed by atoms with Crippen molar-refractivity contribution in [3.05, 3.63) is 68.7 Å². The predicted octanol–water partition coefficient (Wildman–Crippen LogP) is 6.75. The first-order valence-electron chi connectivity index (χ1n) is 11.3. The molecule has 1 aliphatic carbocycles. The Hall–Kier alpha value is -1.46. The van der Waals surface area contributed by atoms with E-state index < -0.39 is 0 Å². The Balaban J connectivity index is 1.23. The average Bonchev–Trinajstić information content (AvgIpc) is 3.25. The van der Waals surface area contributed by atoms with Gasteiger partial charge < -0.3 is 10.1 Å². The molecule has 2 aliphatic rings. The molecule has 0 unspecified atom stereocenters. The lowest BCUT2D eigenvalue weighted by Crippen LogP contribution is -2.51. The van der Waals surface area contributed by atoms with E-state index in [1.807, 2.05) is 18.2 Å². The first-order valence-corrected chi connectivity index (χ1v) is 12.5. The standard InChI is InChI=1S/C25H29Cl3N2O2/c26-20-7-4-17(5-8-20)14-18-10-12-30(13-11-18)24-3-1-2-23(24)29-25(31)32-16-19-6-9-21(27)22(28)15-19/h4-9,15,18,23-24H,1-3,10-14,16H2,(H,29,31)/t23-,24-/m1/s1. The number of halogens is 3. The van der Waals surface area contributed by atoms with Crippen LogP contribution in [0.15, 0.2) is 42.5 Å². The van der Waals surface area contributed by atoms with E-state index in [1.54, 1.807) is 12.1 Å². The second kappa shape index (κ2) is 11.1. The average molecular weight is 496 g/mol. The number of benzene rings is 2. The fourth-order valence-electron chi connectivity index (χ4n) is 4.96. The lowest BCUT2D eigenvalue weighted by molar-refractivity contribution is 0.104. The predicted molar refractivity (Wildman–Crippen MR) is 131 cm³/mol. The highest BCUT2D eigenvalue weighted by Crippen LogP contribution is 2.30. The van der Waals surface area contributed by atoms with E-state index in [2.05, 4.69) is 22.3 Å². The largest absolute Gasteiger partial charge is 0.445 e. The van der Waals surface area contributed by atoms with Gasteiger partial charge in [-0.2, -0.15) is 0 Å². The quantitative estimate of drug-likeness (QED) is 0.482. The summed E-state index contributed by atoms with van der Waals surface area (Å²) in [7, 11) is 0. The van der Waals surface area contributed by atoms with Crippen LogP contribution >= 0.6 is 34.8 Å². The molecule has 32 heavy (non-hydrogen) atoms. The van der Waals surface area contributed by atoms with E-state index in [1.165, 1.54) is 18.4 Å². The van der Waals surface area contributed by atoms with Crippen molar-refractivity contribution < 1.29 is 9.53 Å². The Morgan fingerprint density at radius 1 is 0.938 bits per heavy atom. The van der Waals surface area contributed by atoms with Crippen molar-refractivity contribution >= 4 is 40.9 Å². The van der Waals surface area contributed by atoms with Gasteiger partial charge in [-0.3, -0.25) is 4.90 Å². The van der Waals surface area contributed by atoms with Crippen LogP contribution in [0.25, 0.3) is 0 Å². The molecule has 0 bridgehead atoms. The third-order valence-corrected chi connectivity index (χ3v) is 7.68. The molecule has 2 aromatic rings. The molecule has 1 amide bonds. The SMILES string of the molecule is O=C(N[C@@H]1CCC[C@H]1N1CCC(Cc2ccc(Cl)cc2)CC1)OCc1ccc(Cl)c(Cl)c1. The van der Waals surface area contributed by atoms with Gasteiger partial charge in [-0.15, -0.1) is 0 Å². The molecule has 172 valence electrons. The van der Waals surface area contributed by atoms with E-state index in [0.717, 1.165) is 49.4 Å². The first-order chi connectivity index (χ1) is 15.5. The van der Waals surface area contributed by atoms with Crippen molar-refractivity contribution in [3.63, 3.8) is 0 Å². The summed E-state index contributed by atoms with van der Waals surface area (Å²) in [4.78, 5) is 15.0. The summed E-state index contributed by atoms with van der Waals surface area (Å²) in [6.45, 7) is 2.34. The highest BCUT2D eigenvalue weighted by Gasteiger charge is 2.35. The number of likely N-dealkylation sites (tertiary alicyclic amines) is 1. The number of piperidine rings is 1. The van der Waals surface area contributed by atoms with Crippen molar-refractivity contribution in [2.75, 3.05) is 13.1 Å². The minimum absolute atomic E-state index is 0.143. The number of alkyl carbamates (subject to hydrolysis) is 1. The molecule has 2 fully saturated rings. The summed E-state index contributed by atoms with van der Waals surface area (Å²) in [6.07, 6.45) is 6.37. The van der Waals surface area contributed by atoms with Crippen LogP contribution < -0.4 is 5.32 Å². The molecule has 0 radical (unpaired) electrons. The van der Waals surface area contributed by atoms with Gasteiger partial charge in [0.15, 0.2) is 0 Å². The topological polar surface area (TPSA) is 41.6 Å². The van der Waals surface area contributed by atoms with Gasteiger partial charge in [0.1, 0.15) is 6.61 Å². The molecular weight excluding hydrogens is 467 g/mol. The molecule has 2 aromatic carbocycles. The van der Waals surface area contributed by atoms with Gasteiger partial charge in [0.25, 0.3) is 0 Å². The van der Waals surface area contributed by atoms with Gasteiger partial charge in [-0.1, -0.05) is 53.0 Å². The monoisotopic (exact) mass is 494 g/mol. The molecule has 0 aromatic heterocycles. The Morgan fingerprint density at radius 2 is 1.66 bits per heavy atom. The Bertz CT molecular complexity index is 914. The number of hydrogen-bond donors (Lipinski definition) is 1. The highest BCUT2D eigenvalue weighted by atomic mass is 35.5. The van der Waals surface area contributed by atoms with Gasteiger partial charge in [-0.05, 0) is 92.9 Å². The van der Waals surface area contributed by atoms with Crippen molar-refractivity contribution in [3.8, 4) is 0 Å². The van der Waals surface area contributed by atoms with Crippen LogP contribution in [0, 0.1) is 5.92 Å². The number of ether oxygens (including phenoxy) is 1. The molecule has 4 nitrogen and oxygen atoms in total. The minimum Gasteiger partial charge on any atom is -0.445 e. The normalized spacial score (nSPS) is 22.1. The lowest BCUT2D eigenvalue weighted by atomic mass is 9.89. The maximum atomic E-state index is 12.4. The van der Waals surface area contributed by atoms with Crippen molar-refractivity contribution in [1.29, 1.82) is 0 Å². The smallest absolute Gasteiger partial charge is 0.407 e. The summed E-state index contributed by atoms with van der Waals surface area (Å²) >= 11 is 18.0. The fourth-order valence-corrected chi connectivity index (χ4v) is 5.41. The van der Waals surface area contributed by atoms with Crippen LogP contribution in [0.5, 0.6) is 0 Å². The van der Waals surface area contributed by atoms with Gasteiger partial charge >= 0.3 is 6.09 Å². The molecule has 4 rings (SSSR count). The highest BCUT2D eigenvalue weighted by molar-refractivity contribution is 6.42. The number of nitrogens with zero attached hydrogens (tertiary/aromatic N) is 1. The maximum Gasteiger partial charge on any atom is 0.407 e. The Morgan fingerprint density at radius 3 is 2.38 bits per heavy atom. The van der Waals surface area contributed by atoms with Gasteiger partial charge in [0.05, 0.1) is 10.0 Å². The van der Waals surface area contributed by atoms with E-state index in [0.29, 0.717) is 22.0 Å². The van der Waals surface area contributed by atoms with Crippen LogP contribution in [0.1, 0.15) is 43.2 Å². The van der Waals surface area contributed by atoms with E-state index in [4.69, 9.17) is 39.5 Å². The van der Waals surface area contributed by atoms with Crippen LogP contribution in [0.3, 0.4) is 0 Å². The summed E-state index contributed by atoms with van der Waals surface area (Å²) < 4.78 is 5.43. The van der Waals surface area contributed by atoms with Crippen molar-refractivity contribution in [1.82, 2.24) is 10.2 Å². The summed E-state index contributed by atoms with van der Waals surface area (Å²) in [6, 6.07) is 14.0. The van der Waals surface area contributed by atoms with Crippen molar-refractivity contribution in [2.24, 2.45) is 5.92 Å². The number of amides is 1. The summed E-state index contributed by atoms with van der Waals surface area (Å²) in [5.41, 5.74) is 2.18. The number of nitrogens with one attached hydrogen (secondary N) is 1. The second-order valence-corrected chi connectivity index (χ2v) is 10.1. The van der Waals surface area contributed by atoms with E-state index in [-0.39, 0.29) is 18.7 Å². The zero-order chi connectivity index (χ0) is 22.5. The number of rotatable bonds is 6. The molecule has 1 aliphatic heterocycles. The molecule has 2 atom stereocenters. The molecule has 1 heterocycles. The molecule has 1 saturated heterocycles. The molecule has 7 heteroatoms. The molecule has 0 spiro atoms. The zero-order valence-corrected chi connectivity index (χ0v) is 20.3. The van der Waals surface area contributed by atoms with Crippen molar-refractivity contribution in [2.45, 2.75) is 57.2 Å². The molecule has 1 N–H and O–H groups in total. The van der Waals surface area contributed by atoms with Gasteiger partial charge in [-0.25, -0.2) is 4.79 Å². The lowest BCUT2D eigenvalue weighted by Gasteiger charge is -2.38. The van der Waals surface area contributed by atoms with Crippen LogP contribution in [0.2, 0.25) is 15.1 Å². The third-order valence-electron chi connectivity index (χ3n) is 6.69. The molecular formula is C25H29Cl3N2O2. The first kappa shape index (κ1) is 23.7. The van der Waals surface area contributed by atoms with E-state index >= 15 is 0 Å². The third kappa shape index (κ3) is 6.32. The van der Waals surface area contributed by atoms with Crippen LogP contribution in [-0.4, -0.2) is 36.2 Å². The Labute approximate surface area is 205 Å². The fraction of sp³-hybridized carbons (Fsp3) is 0.480. The second-order valence-electron chi connectivity index (χ2n) is 8.88. The number of carbonyl (C=O) groups is 1. The molecule has 1 saturated carbocycles. The number of hydrogen-bond acceptors (Lipinski definition) is 3. The maximum absolute atomic E-state index is 12.4. The van der Waals surface area contributed by atoms with E-state index in [9.17, 15) is 4.79 Å². The minimum atomic E-state index is -0.370.